The average molecular weight is 443 g/mol. The molecule has 166 valence electrons. The second-order valence-corrected chi connectivity index (χ2v) is 7.88. The number of ether oxygens (including phenoxy) is 2. The summed E-state index contributed by atoms with van der Waals surface area (Å²) >= 11 is 0. The fourth-order valence-corrected chi connectivity index (χ4v) is 4.16. The molecule has 1 fully saturated rings. The number of likely N-dealkylation sites (N-methyl/N-ethyl adjacent to an activating group) is 1. The molecule has 0 unspecified atom stereocenters. The highest BCUT2D eigenvalue weighted by Crippen LogP contribution is 2.35. The third-order valence-corrected chi connectivity index (χ3v) is 5.85. The number of urea groups is 1. The Balaban J connectivity index is 1.57. The number of hydrogen-bond donors (Lipinski definition) is 0. The Morgan fingerprint density at radius 1 is 0.848 bits per heavy atom. The van der Waals surface area contributed by atoms with E-state index in [1.807, 2.05) is 42.7 Å². The van der Waals surface area contributed by atoms with Gasteiger partial charge in [-0.2, -0.15) is 0 Å². The fraction of sp³-hybridized carbons (Fsp3) is 0.160. The molecule has 33 heavy (non-hydrogen) atoms. The van der Waals surface area contributed by atoms with E-state index in [2.05, 4.69) is 0 Å². The first-order valence-corrected chi connectivity index (χ1v) is 10.4. The van der Waals surface area contributed by atoms with Gasteiger partial charge in [-0.3, -0.25) is 14.5 Å². The van der Waals surface area contributed by atoms with Crippen LogP contribution in [0.5, 0.6) is 11.5 Å². The SMILES string of the molecule is Cc1cc(/C=C2\C(=O)N(C)C(=O)N(c3ccccc3)C2=O)c(C)n1-c1ccc2c(c1)OCO2. The zero-order valence-corrected chi connectivity index (χ0v) is 18.4. The van der Waals surface area contributed by atoms with Gasteiger partial charge in [0.15, 0.2) is 11.5 Å². The van der Waals surface area contributed by atoms with E-state index in [0.29, 0.717) is 22.7 Å². The lowest BCUT2D eigenvalue weighted by molar-refractivity contribution is -0.128. The molecule has 8 nitrogen and oxygen atoms in total. The number of carbonyl (C=O) groups excluding carboxylic acids is 3. The van der Waals surface area contributed by atoms with Crippen LogP contribution >= 0.6 is 0 Å². The average Bonchev–Trinajstić information content (AvgIpc) is 3.39. The maximum absolute atomic E-state index is 13.2. The standard InChI is InChI=1S/C25H21N3O5/c1-15-11-17(16(2)27(15)19-9-10-21-22(13-19)33-14-32-21)12-20-23(29)26(3)25(31)28(24(20)30)18-7-5-4-6-8-18/h4-13H,14H2,1-3H3/b20-12+. The van der Waals surface area contributed by atoms with Crippen LogP contribution in [0.15, 0.2) is 60.2 Å². The number of imide groups is 2. The quantitative estimate of drug-likeness (QED) is 0.454. The van der Waals surface area contributed by atoms with Crippen LogP contribution < -0.4 is 14.4 Å². The topological polar surface area (TPSA) is 81.1 Å². The van der Waals surface area contributed by atoms with E-state index in [-0.39, 0.29) is 12.4 Å². The molecule has 3 aromatic rings. The lowest BCUT2D eigenvalue weighted by Crippen LogP contribution is -2.55. The second kappa shape index (κ2) is 7.67. The monoisotopic (exact) mass is 443 g/mol. The molecule has 0 aliphatic carbocycles. The summed E-state index contributed by atoms with van der Waals surface area (Å²) in [7, 11) is 1.37. The molecule has 8 heteroatoms. The molecule has 2 aromatic carbocycles. The summed E-state index contributed by atoms with van der Waals surface area (Å²) in [6.07, 6.45) is 1.55. The number of nitrogens with zero attached hydrogens (tertiary/aromatic N) is 3. The molecule has 0 atom stereocenters. The number of para-hydroxylation sites is 1. The van der Waals surface area contributed by atoms with Crippen molar-refractivity contribution >= 4 is 29.6 Å². The first-order chi connectivity index (χ1) is 15.9. The van der Waals surface area contributed by atoms with Crippen LogP contribution in [0.4, 0.5) is 10.5 Å². The number of carbonyl (C=O) groups is 3. The number of aromatic nitrogens is 1. The molecule has 4 amide bonds. The van der Waals surface area contributed by atoms with Crippen molar-refractivity contribution in [2.24, 2.45) is 0 Å². The minimum absolute atomic E-state index is 0.0770. The lowest BCUT2D eigenvalue weighted by Gasteiger charge is -2.31. The van der Waals surface area contributed by atoms with Gasteiger partial charge in [0.05, 0.1) is 5.69 Å². The van der Waals surface area contributed by atoms with Crippen LogP contribution in [-0.2, 0) is 9.59 Å². The molecule has 0 N–H and O–H groups in total. The van der Waals surface area contributed by atoms with Crippen LogP contribution in [0.3, 0.4) is 0 Å². The van der Waals surface area contributed by atoms with Gasteiger partial charge in [-0.1, -0.05) is 18.2 Å². The highest BCUT2D eigenvalue weighted by molar-refractivity contribution is 6.39. The van der Waals surface area contributed by atoms with Crippen LogP contribution in [-0.4, -0.2) is 41.2 Å². The van der Waals surface area contributed by atoms with E-state index in [1.165, 1.54) is 7.05 Å². The zero-order valence-electron chi connectivity index (χ0n) is 18.4. The van der Waals surface area contributed by atoms with Crippen molar-refractivity contribution in [3.05, 3.63) is 77.1 Å². The van der Waals surface area contributed by atoms with E-state index in [9.17, 15) is 14.4 Å². The van der Waals surface area contributed by atoms with Crippen LogP contribution in [0.2, 0.25) is 0 Å². The van der Waals surface area contributed by atoms with Gasteiger partial charge in [0.2, 0.25) is 6.79 Å². The Bertz CT molecular complexity index is 1340. The largest absolute Gasteiger partial charge is 0.454 e. The van der Waals surface area contributed by atoms with E-state index in [4.69, 9.17) is 9.47 Å². The van der Waals surface area contributed by atoms with Crippen molar-refractivity contribution in [2.45, 2.75) is 13.8 Å². The molecular formula is C25H21N3O5. The van der Waals surface area contributed by atoms with E-state index in [0.717, 1.165) is 26.9 Å². The van der Waals surface area contributed by atoms with E-state index >= 15 is 0 Å². The number of aryl methyl sites for hydroxylation is 1. The predicted octanol–water partition coefficient (Wildman–Crippen LogP) is 3.83. The summed E-state index contributed by atoms with van der Waals surface area (Å²) in [5.41, 5.74) is 3.66. The highest BCUT2D eigenvalue weighted by Gasteiger charge is 2.41. The molecule has 2 aliphatic heterocycles. The Morgan fingerprint density at radius 2 is 1.58 bits per heavy atom. The van der Waals surface area contributed by atoms with Crippen molar-refractivity contribution in [3.63, 3.8) is 0 Å². The molecule has 1 saturated heterocycles. The van der Waals surface area contributed by atoms with Crippen molar-refractivity contribution in [2.75, 3.05) is 18.7 Å². The summed E-state index contributed by atoms with van der Waals surface area (Å²) in [5, 5.41) is 0. The third kappa shape index (κ3) is 3.27. The Kier molecular flexibility index (Phi) is 4.78. The van der Waals surface area contributed by atoms with Gasteiger partial charge in [-0.25, -0.2) is 9.69 Å². The molecule has 2 aliphatic rings. The van der Waals surface area contributed by atoms with E-state index < -0.39 is 17.8 Å². The minimum Gasteiger partial charge on any atom is -0.454 e. The molecule has 3 heterocycles. The van der Waals surface area contributed by atoms with Gasteiger partial charge < -0.3 is 14.0 Å². The number of fused-ring (bicyclic) bond motifs is 1. The summed E-state index contributed by atoms with van der Waals surface area (Å²) in [5.74, 6) is 0.0686. The highest BCUT2D eigenvalue weighted by atomic mass is 16.7. The predicted molar refractivity (Wildman–Crippen MR) is 121 cm³/mol. The number of barbiturate groups is 1. The smallest absolute Gasteiger partial charge is 0.338 e. The van der Waals surface area contributed by atoms with Crippen molar-refractivity contribution in [1.29, 1.82) is 0 Å². The molecule has 0 radical (unpaired) electrons. The van der Waals surface area contributed by atoms with E-state index in [1.54, 1.807) is 36.4 Å². The van der Waals surface area contributed by atoms with Crippen LogP contribution in [0, 0.1) is 13.8 Å². The molecule has 0 saturated carbocycles. The van der Waals surface area contributed by atoms with Gasteiger partial charge >= 0.3 is 6.03 Å². The molecule has 0 bridgehead atoms. The number of amides is 4. The Hall–Kier alpha value is -4.33. The van der Waals surface area contributed by atoms with Gasteiger partial charge in [0, 0.05) is 30.2 Å². The Morgan fingerprint density at radius 3 is 2.33 bits per heavy atom. The number of benzene rings is 2. The van der Waals surface area contributed by atoms with Crippen LogP contribution in [0.1, 0.15) is 17.0 Å². The molecular weight excluding hydrogens is 422 g/mol. The third-order valence-electron chi connectivity index (χ3n) is 5.85. The first-order valence-electron chi connectivity index (χ1n) is 10.4. The Labute approximate surface area is 190 Å². The molecule has 5 rings (SSSR count). The number of rotatable bonds is 3. The zero-order chi connectivity index (χ0) is 23.3. The van der Waals surface area contributed by atoms with Crippen molar-refractivity contribution in [1.82, 2.24) is 9.47 Å². The fourth-order valence-electron chi connectivity index (χ4n) is 4.16. The van der Waals surface area contributed by atoms with Gasteiger partial charge in [0.1, 0.15) is 5.57 Å². The molecule has 0 spiro atoms. The van der Waals surface area contributed by atoms with Gasteiger partial charge in [0.25, 0.3) is 11.8 Å². The summed E-state index contributed by atoms with van der Waals surface area (Å²) in [6, 6.07) is 15.4. The van der Waals surface area contributed by atoms with Gasteiger partial charge in [-0.15, -0.1) is 0 Å². The maximum Gasteiger partial charge on any atom is 0.338 e. The summed E-state index contributed by atoms with van der Waals surface area (Å²) in [4.78, 5) is 40.8. The van der Waals surface area contributed by atoms with Crippen molar-refractivity contribution in [3.8, 4) is 17.2 Å². The number of anilines is 1. The summed E-state index contributed by atoms with van der Waals surface area (Å²) in [6.45, 7) is 4.04. The first kappa shape index (κ1) is 20.6. The maximum atomic E-state index is 13.2. The lowest BCUT2D eigenvalue weighted by atomic mass is 10.1. The summed E-state index contributed by atoms with van der Waals surface area (Å²) < 4.78 is 12.9. The number of hydrogen-bond acceptors (Lipinski definition) is 5. The normalized spacial score (nSPS) is 16.8. The minimum atomic E-state index is -0.681. The second-order valence-electron chi connectivity index (χ2n) is 7.88. The van der Waals surface area contributed by atoms with Gasteiger partial charge in [-0.05, 0) is 55.8 Å². The van der Waals surface area contributed by atoms with Crippen LogP contribution in [0.25, 0.3) is 11.8 Å². The van der Waals surface area contributed by atoms with Crippen molar-refractivity contribution < 1.29 is 23.9 Å². The molecule has 1 aromatic heterocycles.